The lowest BCUT2D eigenvalue weighted by Gasteiger charge is -2.18. The third-order valence-electron chi connectivity index (χ3n) is 5.78. The van der Waals surface area contributed by atoms with Crippen molar-refractivity contribution < 1.29 is 9.59 Å². The number of benzene rings is 1. The molecule has 0 spiro atoms. The van der Waals surface area contributed by atoms with Crippen LogP contribution < -0.4 is 16.6 Å². The fourth-order valence-electron chi connectivity index (χ4n) is 3.95. The Morgan fingerprint density at radius 3 is 2.72 bits per heavy atom. The fraction of sp³-hybridized carbons (Fsp3) is 0.391. The van der Waals surface area contributed by atoms with Crippen molar-refractivity contribution in [2.75, 3.05) is 5.32 Å². The summed E-state index contributed by atoms with van der Waals surface area (Å²) in [5.41, 5.74) is 7.36. The summed E-state index contributed by atoms with van der Waals surface area (Å²) < 4.78 is 1.67. The lowest BCUT2D eigenvalue weighted by molar-refractivity contribution is -0.115. The van der Waals surface area contributed by atoms with Gasteiger partial charge in [0.25, 0.3) is 5.56 Å². The molecule has 0 aliphatic heterocycles. The molecular formula is C23H26N4O3S2. The molecule has 1 aliphatic rings. The van der Waals surface area contributed by atoms with Gasteiger partial charge in [-0.3, -0.25) is 19.0 Å². The van der Waals surface area contributed by atoms with Crippen LogP contribution in [0.25, 0.3) is 10.2 Å². The van der Waals surface area contributed by atoms with Gasteiger partial charge in [-0.2, -0.15) is 0 Å². The number of aryl methyl sites for hydroxylation is 1. The van der Waals surface area contributed by atoms with E-state index >= 15 is 0 Å². The van der Waals surface area contributed by atoms with Crippen LogP contribution in [0.4, 0.5) is 5.69 Å². The van der Waals surface area contributed by atoms with E-state index in [9.17, 15) is 14.4 Å². The van der Waals surface area contributed by atoms with Crippen LogP contribution >= 0.6 is 23.1 Å². The molecule has 3 aromatic rings. The topological polar surface area (TPSA) is 107 Å². The molecule has 0 fully saturated rings. The monoisotopic (exact) mass is 470 g/mol. The Labute approximate surface area is 194 Å². The first-order valence-corrected chi connectivity index (χ1v) is 12.4. The molecule has 2 heterocycles. The highest BCUT2D eigenvalue weighted by molar-refractivity contribution is 8.00. The molecular weight excluding hydrogens is 444 g/mol. The lowest BCUT2D eigenvalue weighted by Crippen LogP contribution is -2.27. The number of aromatic nitrogens is 2. The van der Waals surface area contributed by atoms with E-state index < -0.39 is 11.2 Å². The number of carbonyl (C=O) groups is 2. The van der Waals surface area contributed by atoms with Gasteiger partial charge in [-0.15, -0.1) is 11.3 Å². The van der Waals surface area contributed by atoms with Gasteiger partial charge in [-0.25, -0.2) is 4.98 Å². The molecule has 0 saturated heterocycles. The highest BCUT2D eigenvalue weighted by Gasteiger charge is 2.25. The molecule has 0 bridgehead atoms. The van der Waals surface area contributed by atoms with Gasteiger partial charge >= 0.3 is 0 Å². The van der Waals surface area contributed by atoms with Crippen molar-refractivity contribution in [1.82, 2.24) is 9.55 Å². The van der Waals surface area contributed by atoms with Crippen molar-refractivity contribution in [1.29, 1.82) is 0 Å². The average Bonchev–Trinajstić information content (AvgIpc) is 3.11. The maximum Gasteiger partial charge on any atom is 0.263 e. The van der Waals surface area contributed by atoms with Crippen LogP contribution in [0.3, 0.4) is 0 Å². The van der Waals surface area contributed by atoms with Crippen molar-refractivity contribution >= 4 is 50.8 Å². The number of carbonyl (C=O) groups excluding carboxylic acids is 2. The lowest BCUT2D eigenvalue weighted by atomic mass is 9.89. The number of nitrogens with two attached hydrogens (primary N) is 1. The second-order valence-electron chi connectivity index (χ2n) is 8.17. The van der Waals surface area contributed by atoms with E-state index in [1.807, 2.05) is 6.92 Å². The van der Waals surface area contributed by atoms with E-state index in [1.54, 1.807) is 47.1 Å². The Kier molecular flexibility index (Phi) is 6.39. The van der Waals surface area contributed by atoms with Gasteiger partial charge < -0.3 is 11.1 Å². The van der Waals surface area contributed by atoms with Gasteiger partial charge in [0.1, 0.15) is 4.83 Å². The Balaban J connectivity index is 1.58. The summed E-state index contributed by atoms with van der Waals surface area (Å²) in [5, 5.41) is 3.69. The van der Waals surface area contributed by atoms with Crippen LogP contribution in [0.15, 0.2) is 34.2 Å². The number of thioether (sulfide) groups is 1. The van der Waals surface area contributed by atoms with E-state index in [2.05, 4.69) is 12.2 Å². The number of hydrogen-bond acceptors (Lipinski definition) is 6. The molecule has 1 aliphatic carbocycles. The summed E-state index contributed by atoms with van der Waals surface area (Å²) in [7, 11) is 0. The van der Waals surface area contributed by atoms with E-state index in [0.29, 0.717) is 28.9 Å². The van der Waals surface area contributed by atoms with Crippen LogP contribution in [0, 0.1) is 5.92 Å². The summed E-state index contributed by atoms with van der Waals surface area (Å²) in [6.07, 6.45) is 3.02. The predicted octanol–water partition coefficient (Wildman–Crippen LogP) is 3.82. The minimum Gasteiger partial charge on any atom is -0.366 e. The summed E-state index contributed by atoms with van der Waals surface area (Å²) >= 11 is 2.89. The molecule has 1 aromatic carbocycles. The van der Waals surface area contributed by atoms with Gasteiger partial charge in [-0.1, -0.05) is 18.7 Å². The van der Waals surface area contributed by atoms with E-state index in [1.165, 1.54) is 22.2 Å². The van der Waals surface area contributed by atoms with E-state index in [-0.39, 0.29) is 11.5 Å². The minimum atomic E-state index is -0.518. The van der Waals surface area contributed by atoms with E-state index in [4.69, 9.17) is 10.7 Å². The van der Waals surface area contributed by atoms with Gasteiger partial charge in [0.05, 0.1) is 10.6 Å². The average molecular weight is 471 g/mol. The zero-order valence-electron chi connectivity index (χ0n) is 18.3. The third-order valence-corrected chi connectivity index (χ3v) is 8.02. The second kappa shape index (κ2) is 9.07. The van der Waals surface area contributed by atoms with Crippen LogP contribution in [0.1, 0.15) is 48.0 Å². The first kappa shape index (κ1) is 22.5. The quantitative estimate of drug-likeness (QED) is 0.421. The number of hydrogen-bond donors (Lipinski definition) is 2. The number of primary amides is 1. The molecule has 9 heteroatoms. The molecule has 2 atom stereocenters. The fourth-order valence-corrected chi connectivity index (χ4v) is 6.34. The predicted molar refractivity (Wildman–Crippen MR) is 130 cm³/mol. The number of anilines is 1. The highest BCUT2D eigenvalue weighted by atomic mass is 32.2. The van der Waals surface area contributed by atoms with Crippen LogP contribution in [0.5, 0.6) is 0 Å². The van der Waals surface area contributed by atoms with Gasteiger partial charge in [-0.05, 0) is 68.9 Å². The SMILES string of the molecule is CCn1c(SC(C)C(=O)Nc2ccc(C(N)=O)cc2)nc2sc3c(c2c1=O)CCC(C)C3. The normalized spacial score (nSPS) is 16.5. The number of nitrogens with one attached hydrogen (secondary N) is 1. The zero-order valence-corrected chi connectivity index (χ0v) is 19.9. The minimum absolute atomic E-state index is 0.0123. The molecule has 2 amide bonds. The van der Waals surface area contributed by atoms with Crippen molar-refractivity contribution in [3.63, 3.8) is 0 Å². The summed E-state index contributed by atoms with van der Waals surface area (Å²) in [6, 6.07) is 6.41. The van der Waals surface area contributed by atoms with Gasteiger partial charge in [0, 0.05) is 22.7 Å². The summed E-state index contributed by atoms with van der Waals surface area (Å²) in [4.78, 5) is 44.1. The van der Waals surface area contributed by atoms with Gasteiger partial charge in [0.15, 0.2) is 5.16 Å². The zero-order chi connectivity index (χ0) is 23.0. The molecule has 168 valence electrons. The Morgan fingerprint density at radius 1 is 1.34 bits per heavy atom. The molecule has 0 saturated carbocycles. The molecule has 3 N–H and O–H groups in total. The Hall–Kier alpha value is -2.65. The van der Waals surface area contributed by atoms with E-state index in [0.717, 1.165) is 29.5 Å². The smallest absolute Gasteiger partial charge is 0.263 e. The summed E-state index contributed by atoms with van der Waals surface area (Å²) in [6.45, 7) is 6.45. The molecule has 32 heavy (non-hydrogen) atoms. The van der Waals surface area contributed by atoms with Crippen LogP contribution in [0.2, 0.25) is 0 Å². The van der Waals surface area contributed by atoms with Crippen molar-refractivity contribution in [3.05, 3.63) is 50.6 Å². The highest BCUT2D eigenvalue weighted by Crippen LogP contribution is 2.37. The van der Waals surface area contributed by atoms with Crippen molar-refractivity contribution in [2.24, 2.45) is 11.7 Å². The molecule has 4 rings (SSSR count). The standard InChI is InChI=1S/C23H26N4O3S2/c1-4-27-22(30)18-16-10-5-12(2)11-17(16)32-21(18)26-23(27)31-13(3)20(29)25-15-8-6-14(7-9-15)19(24)28/h6-9,12-13H,4-5,10-11H2,1-3H3,(H2,24,28)(H,25,29). The molecule has 7 nitrogen and oxygen atoms in total. The first-order valence-electron chi connectivity index (χ1n) is 10.7. The Bertz CT molecular complexity index is 1250. The maximum atomic E-state index is 13.3. The molecule has 2 aromatic heterocycles. The number of fused-ring (bicyclic) bond motifs is 3. The molecule has 0 radical (unpaired) electrons. The number of nitrogens with zero attached hydrogens (tertiary/aromatic N) is 2. The molecule has 2 unspecified atom stereocenters. The van der Waals surface area contributed by atoms with Crippen LogP contribution in [-0.4, -0.2) is 26.6 Å². The van der Waals surface area contributed by atoms with Crippen molar-refractivity contribution in [3.8, 4) is 0 Å². The van der Waals surface area contributed by atoms with Gasteiger partial charge in [0.2, 0.25) is 11.8 Å². The summed E-state index contributed by atoms with van der Waals surface area (Å²) in [5.74, 6) is -0.104. The maximum absolute atomic E-state index is 13.3. The van der Waals surface area contributed by atoms with Crippen molar-refractivity contribution in [2.45, 2.75) is 57.0 Å². The number of rotatable bonds is 6. The largest absolute Gasteiger partial charge is 0.366 e. The second-order valence-corrected chi connectivity index (χ2v) is 10.6. The third kappa shape index (κ3) is 4.31. The van der Waals surface area contributed by atoms with Crippen LogP contribution in [-0.2, 0) is 24.2 Å². The Morgan fingerprint density at radius 2 is 2.06 bits per heavy atom. The first-order chi connectivity index (χ1) is 15.3. The number of amides is 2. The number of thiophene rings is 1.